The second kappa shape index (κ2) is 7.92. The van der Waals surface area contributed by atoms with E-state index in [0.29, 0.717) is 11.9 Å². The van der Waals surface area contributed by atoms with Crippen LogP contribution in [0.25, 0.3) is 0 Å². The van der Waals surface area contributed by atoms with Gasteiger partial charge in [-0.15, -0.1) is 0 Å². The minimum atomic E-state index is 0.223. The molecule has 0 fully saturated rings. The van der Waals surface area contributed by atoms with Crippen LogP contribution in [0.3, 0.4) is 0 Å². The van der Waals surface area contributed by atoms with Crippen LogP contribution in [0, 0.1) is 0 Å². The highest BCUT2D eigenvalue weighted by Gasteiger charge is 2.04. The first-order valence-electron chi connectivity index (χ1n) is 6.31. The Balaban J connectivity index is 1.85. The summed E-state index contributed by atoms with van der Waals surface area (Å²) < 4.78 is 16.3. The molecule has 0 aromatic heterocycles. The summed E-state index contributed by atoms with van der Waals surface area (Å²) in [5.41, 5.74) is 2.17. The predicted octanol–water partition coefficient (Wildman–Crippen LogP) is 4.14. The molecular formula is C16H17BrO3. The van der Waals surface area contributed by atoms with Gasteiger partial charge in [-0.1, -0.05) is 46.3 Å². The standard InChI is InChI=1S/C16H17BrO3/c1-18-15-7-8-16(14(9-15)10-17)20-12-19-11-13-5-3-2-4-6-13/h2-9H,10-12H2,1H3. The molecule has 106 valence electrons. The van der Waals surface area contributed by atoms with Gasteiger partial charge in [0, 0.05) is 10.9 Å². The van der Waals surface area contributed by atoms with Gasteiger partial charge in [-0.25, -0.2) is 0 Å². The van der Waals surface area contributed by atoms with Crippen molar-refractivity contribution in [2.24, 2.45) is 0 Å². The summed E-state index contributed by atoms with van der Waals surface area (Å²) in [6.07, 6.45) is 0. The Morgan fingerprint density at radius 1 is 1.05 bits per heavy atom. The Labute approximate surface area is 127 Å². The summed E-state index contributed by atoms with van der Waals surface area (Å²) in [6, 6.07) is 15.7. The molecule has 0 aliphatic heterocycles. The molecule has 2 aromatic rings. The lowest BCUT2D eigenvalue weighted by atomic mass is 10.2. The lowest BCUT2D eigenvalue weighted by molar-refractivity contribution is 0.00463. The molecule has 0 aliphatic rings. The summed E-state index contributed by atoms with van der Waals surface area (Å²) in [5, 5.41) is 0.707. The summed E-state index contributed by atoms with van der Waals surface area (Å²) in [5.74, 6) is 1.62. The van der Waals surface area contributed by atoms with Crippen LogP contribution in [0.4, 0.5) is 0 Å². The van der Waals surface area contributed by atoms with Gasteiger partial charge < -0.3 is 14.2 Å². The van der Waals surface area contributed by atoms with Crippen molar-refractivity contribution in [1.82, 2.24) is 0 Å². The zero-order valence-corrected chi connectivity index (χ0v) is 12.9. The first-order chi connectivity index (χ1) is 9.83. The number of methoxy groups -OCH3 is 1. The highest BCUT2D eigenvalue weighted by Crippen LogP contribution is 2.26. The summed E-state index contributed by atoms with van der Waals surface area (Å²) in [4.78, 5) is 0. The van der Waals surface area contributed by atoms with E-state index in [1.165, 1.54) is 0 Å². The smallest absolute Gasteiger partial charge is 0.189 e. The van der Waals surface area contributed by atoms with E-state index in [4.69, 9.17) is 14.2 Å². The van der Waals surface area contributed by atoms with Crippen LogP contribution in [-0.2, 0) is 16.7 Å². The number of hydrogen-bond acceptors (Lipinski definition) is 3. The summed E-state index contributed by atoms with van der Waals surface area (Å²) in [6.45, 7) is 0.766. The van der Waals surface area contributed by atoms with E-state index in [9.17, 15) is 0 Å². The van der Waals surface area contributed by atoms with E-state index in [0.717, 1.165) is 22.6 Å². The molecule has 3 nitrogen and oxygen atoms in total. The van der Waals surface area contributed by atoms with Crippen molar-refractivity contribution in [3.8, 4) is 11.5 Å². The molecule has 0 saturated heterocycles. The fourth-order valence-corrected chi connectivity index (χ4v) is 2.21. The Morgan fingerprint density at radius 2 is 1.85 bits per heavy atom. The molecule has 0 N–H and O–H groups in total. The van der Waals surface area contributed by atoms with Crippen molar-refractivity contribution in [2.45, 2.75) is 11.9 Å². The van der Waals surface area contributed by atoms with Gasteiger partial charge in [-0.05, 0) is 23.8 Å². The van der Waals surface area contributed by atoms with Crippen molar-refractivity contribution in [3.63, 3.8) is 0 Å². The fourth-order valence-electron chi connectivity index (χ4n) is 1.77. The third-order valence-electron chi connectivity index (χ3n) is 2.82. The second-order valence-electron chi connectivity index (χ2n) is 4.20. The topological polar surface area (TPSA) is 27.7 Å². The van der Waals surface area contributed by atoms with Crippen molar-refractivity contribution < 1.29 is 14.2 Å². The minimum absolute atomic E-state index is 0.223. The number of rotatable bonds is 7. The zero-order valence-electron chi connectivity index (χ0n) is 11.3. The lowest BCUT2D eigenvalue weighted by Gasteiger charge is -2.11. The maximum Gasteiger partial charge on any atom is 0.189 e. The fraction of sp³-hybridized carbons (Fsp3) is 0.250. The van der Waals surface area contributed by atoms with Crippen molar-refractivity contribution in [1.29, 1.82) is 0 Å². The van der Waals surface area contributed by atoms with Crippen LogP contribution in [-0.4, -0.2) is 13.9 Å². The normalized spacial score (nSPS) is 10.3. The molecule has 2 rings (SSSR count). The second-order valence-corrected chi connectivity index (χ2v) is 4.76. The van der Waals surface area contributed by atoms with E-state index in [2.05, 4.69) is 15.9 Å². The largest absolute Gasteiger partial charge is 0.497 e. The molecule has 0 unspecified atom stereocenters. The molecule has 0 saturated carbocycles. The van der Waals surface area contributed by atoms with Crippen LogP contribution in [0.2, 0.25) is 0 Å². The van der Waals surface area contributed by atoms with E-state index in [-0.39, 0.29) is 6.79 Å². The number of ether oxygens (including phenoxy) is 3. The van der Waals surface area contributed by atoms with E-state index >= 15 is 0 Å². The SMILES string of the molecule is COc1ccc(OCOCc2ccccc2)c(CBr)c1. The van der Waals surface area contributed by atoms with Crippen molar-refractivity contribution in [2.75, 3.05) is 13.9 Å². The number of benzene rings is 2. The quantitative estimate of drug-likeness (QED) is 0.432. The van der Waals surface area contributed by atoms with Gasteiger partial charge in [0.05, 0.1) is 13.7 Å². The molecule has 0 amide bonds. The molecule has 2 aromatic carbocycles. The van der Waals surface area contributed by atoms with E-state index in [1.807, 2.05) is 48.5 Å². The van der Waals surface area contributed by atoms with Gasteiger partial charge >= 0.3 is 0 Å². The van der Waals surface area contributed by atoms with Crippen LogP contribution >= 0.6 is 15.9 Å². The van der Waals surface area contributed by atoms with Crippen LogP contribution < -0.4 is 9.47 Å². The van der Waals surface area contributed by atoms with Gasteiger partial charge in [-0.2, -0.15) is 0 Å². The molecule has 4 heteroatoms. The molecule has 0 aliphatic carbocycles. The molecule has 0 radical (unpaired) electrons. The lowest BCUT2D eigenvalue weighted by Crippen LogP contribution is -2.04. The number of alkyl halides is 1. The molecule has 0 heterocycles. The zero-order chi connectivity index (χ0) is 14.2. The maximum absolute atomic E-state index is 5.64. The van der Waals surface area contributed by atoms with Crippen molar-refractivity contribution >= 4 is 15.9 Å². The molecular weight excluding hydrogens is 320 g/mol. The third kappa shape index (κ3) is 4.25. The monoisotopic (exact) mass is 336 g/mol. The first-order valence-corrected chi connectivity index (χ1v) is 7.43. The van der Waals surface area contributed by atoms with Gasteiger partial charge in [0.25, 0.3) is 0 Å². The Hall–Kier alpha value is -1.52. The summed E-state index contributed by atoms with van der Waals surface area (Å²) >= 11 is 3.44. The molecule has 0 spiro atoms. The minimum Gasteiger partial charge on any atom is -0.497 e. The van der Waals surface area contributed by atoms with Crippen molar-refractivity contribution in [3.05, 3.63) is 59.7 Å². The van der Waals surface area contributed by atoms with E-state index < -0.39 is 0 Å². The molecule has 0 atom stereocenters. The summed E-state index contributed by atoms with van der Waals surface area (Å²) in [7, 11) is 1.65. The van der Waals surface area contributed by atoms with Gasteiger partial charge in [0.15, 0.2) is 6.79 Å². The third-order valence-corrected chi connectivity index (χ3v) is 3.43. The average molecular weight is 337 g/mol. The van der Waals surface area contributed by atoms with Crippen LogP contribution in [0.5, 0.6) is 11.5 Å². The molecule has 20 heavy (non-hydrogen) atoms. The Morgan fingerprint density at radius 3 is 2.55 bits per heavy atom. The van der Waals surface area contributed by atoms with Crippen LogP contribution in [0.15, 0.2) is 48.5 Å². The van der Waals surface area contributed by atoms with Gasteiger partial charge in [-0.3, -0.25) is 0 Å². The maximum atomic E-state index is 5.64. The predicted molar refractivity (Wildman–Crippen MR) is 82.4 cm³/mol. The Bertz CT molecular complexity index is 529. The van der Waals surface area contributed by atoms with Crippen LogP contribution in [0.1, 0.15) is 11.1 Å². The molecule has 0 bridgehead atoms. The van der Waals surface area contributed by atoms with Gasteiger partial charge in [0.2, 0.25) is 0 Å². The van der Waals surface area contributed by atoms with E-state index in [1.54, 1.807) is 7.11 Å². The van der Waals surface area contributed by atoms with Gasteiger partial charge in [0.1, 0.15) is 11.5 Å². The highest BCUT2D eigenvalue weighted by molar-refractivity contribution is 9.08. The number of hydrogen-bond donors (Lipinski definition) is 0. The first kappa shape index (κ1) is 14.9. The average Bonchev–Trinajstić information content (AvgIpc) is 2.52. The Kier molecular flexibility index (Phi) is 5.89. The highest BCUT2D eigenvalue weighted by atomic mass is 79.9. The number of halogens is 1.